The smallest absolute Gasteiger partial charge is 0.0953 e. The van der Waals surface area contributed by atoms with Gasteiger partial charge >= 0.3 is 0 Å². The lowest BCUT2D eigenvalue weighted by Crippen LogP contribution is -2.03. The van der Waals surface area contributed by atoms with E-state index in [0.29, 0.717) is 6.54 Å². The average Bonchev–Trinajstić information content (AvgIpc) is 2.61. The van der Waals surface area contributed by atoms with Crippen LogP contribution in [0.2, 0.25) is 0 Å². The molecule has 0 amide bonds. The van der Waals surface area contributed by atoms with Gasteiger partial charge in [-0.2, -0.15) is 5.10 Å². The first kappa shape index (κ1) is 11.4. The van der Waals surface area contributed by atoms with Gasteiger partial charge in [0, 0.05) is 22.2 Å². The summed E-state index contributed by atoms with van der Waals surface area (Å²) >= 11 is 3.46. The van der Waals surface area contributed by atoms with Gasteiger partial charge in [-0.1, -0.05) is 28.1 Å². The fourth-order valence-corrected chi connectivity index (χ4v) is 2.14. The summed E-state index contributed by atoms with van der Waals surface area (Å²) in [6.45, 7) is 2.71. The molecule has 1 aromatic carbocycles. The molecule has 3 nitrogen and oxygen atoms in total. The molecule has 0 atom stereocenters. The Morgan fingerprint density at radius 1 is 1.44 bits per heavy atom. The van der Waals surface area contributed by atoms with Crippen LogP contribution in [0.15, 0.2) is 28.7 Å². The third-order valence-corrected chi connectivity index (χ3v) is 3.10. The van der Waals surface area contributed by atoms with E-state index in [0.717, 1.165) is 27.8 Å². The van der Waals surface area contributed by atoms with Crippen LogP contribution in [-0.2, 0) is 6.42 Å². The van der Waals surface area contributed by atoms with Gasteiger partial charge in [-0.3, -0.25) is 5.10 Å². The van der Waals surface area contributed by atoms with E-state index in [1.807, 2.05) is 12.1 Å². The van der Waals surface area contributed by atoms with Gasteiger partial charge in [0.05, 0.1) is 5.69 Å². The van der Waals surface area contributed by atoms with Crippen LogP contribution in [0.4, 0.5) is 0 Å². The number of aromatic nitrogens is 2. The Kier molecular flexibility index (Phi) is 3.41. The SMILES string of the molecule is Cc1c(-c2cccc(Br)c2)n[nH]c1CCN. The summed E-state index contributed by atoms with van der Waals surface area (Å²) in [7, 11) is 0. The van der Waals surface area contributed by atoms with Gasteiger partial charge in [-0.05, 0) is 31.2 Å². The normalized spacial score (nSPS) is 10.7. The summed E-state index contributed by atoms with van der Waals surface area (Å²) in [5.41, 5.74) is 9.97. The maximum atomic E-state index is 5.55. The fraction of sp³-hybridized carbons (Fsp3) is 0.250. The van der Waals surface area contributed by atoms with Crippen molar-refractivity contribution < 1.29 is 0 Å². The fourth-order valence-electron chi connectivity index (χ4n) is 1.74. The maximum absolute atomic E-state index is 5.55. The van der Waals surface area contributed by atoms with Gasteiger partial charge in [0.15, 0.2) is 0 Å². The van der Waals surface area contributed by atoms with Gasteiger partial charge < -0.3 is 5.73 Å². The van der Waals surface area contributed by atoms with Crippen molar-refractivity contribution in [2.75, 3.05) is 6.54 Å². The summed E-state index contributed by atoms with van der Waals surface area (Å²) in [6, 6.07) is 8.14. The van der Waals surface area contributed by atoms with E-state index in [9.17, 15) is 0 Å². The number of rotatable bonds is 3. The predicted octanol–water partition coefficient (Wildman–Crippen LogP) is 2.65. The monoisotopic (exact) mass is 279 g/mol. The topological polar surface area (TPSA) is 54.7 Å². The van der Waals surface area contributed by atoms with Gasteiger partial charge in [0.1, 0.15) is 0 Å². The summed E-state index contributed by atoms with van der Waals surface area (Å²) in [4.78, 5) is 0. The third-order valence-electron chi connectivity index (χ3n) is 2.60. The number of benzene rings is 1. The highest BCUT2D eigenvalue weighted by molar-refractivity contribution is 9.10. The number of aromatic amines is 1. The Morgan fingerprint density at radius 3 is 2.94 bits per heavy atom. The van der Waals surface area contributed by atoms with E-state index in [-0.39, 0.29) is 0 Å². The van der Waals surface area contributed by atoms with Crippen molar-refractivity contribution in [2.24, 2.45) is 5.73 Å². The zero-order valence-electron chi connectivity index (χ0n) is 9.13. The minimum absolute atomic E-state index is 0.640. The van der Waals surface area contributed by atoms with Crippen LogP contribution < -0.4 is 5.73 Å². The molecular weight excluding hydrogens is 266 g/mol. The van der Waals surface area contributed by atoms with E-state index >= 15 is 0 Å². The second kappa shape index (κ2) is 4.80. The zero-order valence-corrected chi connectivity index (χ0v) is 10.7. The van der Waals surface area contributed by atoms with Crippen LogP contribution in [0.25, 0.3) is 11.3 Å². The molecule has 1 heterocycles. The van der Waals surface area contributed by atoms with Crippen LogP contribution in [-0.4, -0.2) is 16.7 Å². The second-order valence-corrected chi connectivity index (χ2v) is 4.64. The first-order valence-corrected chi connectivity index (χ1v) is 6.01. The van der Waals surface area contributed by atoms with Crippen LogP contribution in [0.1, 0.15) is 11.3 Å². The molecule has 4 heteroatoms. The molecular formula is C12H14BrN3. The largest absolute Gasteiger partial charge is 0.330 e. The van der Waals surface area contributed by atoms with Gasteiger partial charge in [-0.15, -0.1) is 0 Å². The molecule has 0 aliphatic rings. The van der Waals surface area contributed by atoms with Crippen molar-refractivity contribution >= 4 is 15.9 Å². The molecule has 1 aromatic heterocycles. The lowest BCUT2D eigenvalue weighted by Gasteiger charge is -2.00. The summed E-state index contributed by atoms with van der Waals surface area (Å²) in [5, 5.41) is 7.39. The number of halogens is 1. The number of nitrogens with zero attached hydrogens (tertiary/aromatic N) is 1. The van der Waals surface area contributed by atoms with Gasteiger partial charge in [0.25, 0.3) is 0 Å². The van der Waals surface area contributed by atoms with Crippen LogP contribution >= 0.6 is 15.9 Å². The van der Waals surface area contributed by atoms with Crippen molar-refractivity contribution in [2.45, 2.75) is 13.3 Å². The van der Waals surface area contributed by atoms with Gasteiger partial charge in [0.2, 0.25) is 0 Å². The molecule has 0 fully saturated rings. The first-order chi connectivity index (χ1) is 7.72. The Bertz CT molecular complexity index is 491. The average molecular weight is 280 g/mol. The molecule has 0 radical (unpaired) electrons. The molecule has 0 aliphatic heterocycles. The highest BCUT2D eigenvalue weighted by Crippen LogP contribution is 2.25. The molecule has 2 rings (SSSR count). The third kappa shape index (κ3) is 2.18. The number of H-pyrrole nitrogens is 1. The first-order valence-electron chi connectivity index (χ1n) is 5.22. The summed E-state index contributed by atoms with van der Waals surface area (Å²) in [5.74, 6) is 0. The van der Waals surface area contributed by atoms with Crippen molar-refractivity contribution in [3.63, 3.8) is 0 Å². The van der Waals surface area contributed by atoms with E-state index in [1.165, 1.54) is 5.56 Å². The van der Waals surface area contributed by atoms with Crippen molar-refractivity contribution in [1.29, 1.82) is 0 Å². The Labute approximate surface area is 103 Å². The molecule has 0 bridgehead atoms. The molecule has 2 aromatic rings. The van der Waals surface area contributed by atoms with Crippen molar-refractivity contribution in [3.8, 4) is 11.3 Å². The van der Waals surface area contributed by atoms with E-state index in [4.69, 9.17) is 5.73 Å². The van der Waals surface area contributed by atoms with Gasteiger partial charge in [-0.25, -0.2) is 0 Å². The lowest BCUT2D eigenvalue weighted by molar-refractivity contribution is 0.896. The molecule has 84 valence electrons. The van der Waals surface area contributed by atoms with E-state index in [1.54, 1.807) is 0 Å². The quantitative estimate of drug-likeness (QED) is 0.908. The summed E-state index contributed by atoms with van der Waals surface area (Å²) < 4.78 is 1.06. The molecule has 16 heavy (non-hydrogen) atoms. The molecule has 0 saturated carbocycles. The Balaban J connectivity index is 2.41. The van der Waals surface area contributed by atoms with Crippen LogP contribution in [0.3, 0.4) is 0 Å². The molecule has 0 unspecified atom stereocenters. The number of nitrogens with two attached hydrogens (primary N) is 1. The molecule has 0 saturated heterocycles. The highest BCUT2D eigenvalue weighted by atomic mass is 79.9. The highest BCUT2D eigenvalue weighted by Gasteiger charge is 2.10. The Hall–Kier alpha value is -1.13. The molecule has 0 spiro atoms. The van der Waals surface area contributed by atoms with E-state index in [2.05, 4.69) is 45.2 Å². The van der Waals surface area contributed by atoms with Crippen LogP contribution in [0.5, 0.6) is 0 Å². The predicted molar refractivity (Wildman–Crippen MR) is 69.2 cm³/mol. The summed E-state index contributed by atoms with van der Waals surface area (Å²) in [6.07, 6.45) is 0.840. The van der Waals surface area contributed by atoms with E-state index < -0.39 is 0 Å². The minimum atomic E-state index is 0.640. The minimum Gasteiger partial charge on any atom is -0.330 e. The van der Waals surface area contributed by atoms with Crippen molar-refractivity contribution in [3.05, 3.63) is 40.0 Å². The van der Waals surface area contributed by atoms with Crippen molar-refractivity contribution in [1.82, 2.24) is 10.2 Å². The molecule has 3 N–H and O–H groups in total. The standard InChI is InChI=1S/C12H14BrN3/c1-8-11(5-6-14)15-16-12(8)9-3-2-4-10(13)7-9/h2-4,7H,5-6,14H2,1H3,(H,15,16). The second-order valence-electron chi connectivity index (χ2n) is 3.72. The maximum Gasteiger partial charge on any atom is 0.0953 e. The lowest BCUT2D eigenvalue weighted by atomic mass is 10.1. The van der Waals surface area contributed by atoms with Crippen LogP contribution in [0, 0.1) is 6.92 Å². The number of hydrogen-bond donors (Lipinski definition) is 2. The Morgan fingerprint density at radius 2 is 2.25 bits per heavy atom. The number of nitrogens with one attached hydrogen (secondary N) is 1. The molecule has 0 aliphatic carbocycles. The number of hydrogen-bond acceptors (Lipinski definition) is 2. The zero-order chi connectivity index (χ0) is 11.5.